The number of rotatable bonds is 6. The first-order valence-electron chi connectivity index (χ1n) is 10.2. The lowest BCUT2D eigenvalue weighted by Crippen LogP contribution is -2.21. The van der Waals surface area contributed by atoms with Gasteiger partial charge in [-0.2, -0.15) is 0 Å². The number of hydrogen-bond donors (Lipinski definition) is 2. The summed E-state index contributed by atoms with van der Waals surface area (Å²) in [6.07, 6.45) is 2.73. The molecular weight excluding hydrogens is 440 g/mol. The Morgan fingerprint density at radius 2 is 1.62 bits per heavy atom. The van der Waals surface area contributed by atoms with Gasteiger partial charge in [0.05, 0.1) is 25.3 Å². The summed E-state index contributed by atoms with van der Waals surface area (Å²) < 4.78 is 15.8. The predicted molar refractivity (Wildman–Crippen MR) is 121 cm³/mol. The Bertz CT molecular complexity index is 1350. The molecule has 4 rings (SSSR count). The van der Waals surface area contributed by atoms with Gasteiger partial charge in [0, 0.05) is 22.8 Å². The predicted octanol–water partition coefficient (Wildman–Crippen LogP) is 3.65. The minimum atomic E-state index is -0.667. The second-order valence-electron chi connectivity index (χ2n) is 7.42. The number of hydrogen-bond acceptors (Lipinski definition) is 8. The van der Waals surface area contributed by atoms with Gasteiger partial charge in [0.1, 0.15) is 18.1 Å². The van der Waals surface area contributed by atoms with Crippen LogP contribution < -0.4 is 9.47 Å². The molecule has 172 valence electrons. The number of carbonyl (C=O) groups excluding carboxylic acids is 3. The Kier molecular flexibility index (Phi) is 6.05. The molecule has 2 N–H and O–H groups in total. The molecule has 0 bridgehead atoms. The van der Waals surface area contributed by atoms with Gasteiger partial charge in [-0.25, -0.2) is 4.79 Å². The summed E-state index contributed by atoms with van der Waals surface area (Å²) in [5.74, 6) is -1.64. The number of carbonyl (C=O) groups is 3. The van der Waals surface area contributed by atoms with Crippen LogP contribution in [-0.4, -0.2) is 42.0 Å². The standard InChI is InChI=1S/C26H20O8/c1-32-20-8-3-5-15(26(20)33-2)9-10-21(29)34-13-14-11-17-23(19(28)12-14)25(31)22-16(24(17)30)6-4-7-18(22)27/h3-12,27-28H,13H2,1-2H3/b10-9+. The number of aromatic hydroxyl groups is 2. The molecule has 34 heavy (non-hydrogen) atoms. The van der Waals surface area contributed by atoms with E-state index in [-0.39, 0.29) is 34.6 Å². The molecule has 0 saturated heterocycles. The van der Waals surface area contributed by atoms with E-state index in [4.69, 9.17) is 14.2 Å². The molecule has 8 nitrogen and oxygen atoms in total. The maximum Gasteiger partial charge on any atom is 0.331 e. The van der Waals surface area contributed by atoms with Crippen molar-refractivity contribution < 1.29 is 38.8 Å². The number of para-hydroxylation sites is 1. The molecular formula is C26H20O8. The number of phenols is 2. The fourth-order valence-corrected chi connectivity index (χ4v) is 3.83. The molecule has 0 saturated carbocycles. The highest BCUT2D eigenvalue weighted by molar-refractivity contribution is 6.30. The number of methoxy groups -OCH3 is 2. The van der Waals surface area contributed by atoms with E-state index in [1.165, 1.54) is 56.7 Å². The number of esters is 1. The van der Waals surface area contributed by atoms with Gasteiger partial charge in [0.15, 0.2) is 17.3 Å². The second-order valence-corrected chi connectivity index (χ2v) is 7.42. The number of benzene rings is 3. The van der Waals surface area contributed by atoms with E-state index in [9.17, 15) is 24.6 Å². The molecule has 1 aliphatic rings. The van der Waals surface area contributed by atoms with E-state index < -0.39 is 23.3 Å². The van der Waals surface area contributed by atoms with Crippen molar-refractivity contribution in [1.29, 1.82) is 0 Å². The quantitative estimate of drug-likeness (QED) is 0.331. The third kappa shape index (κ3) is 3.97. The largest absolute Gasteiger partial charge is 0.507 e. The third-order valence-electron chi connectivity index (χ3n) is 5.38. The van der Waals surface area contributed by atoms with Crippen molar-refractivity contribution in [2.45, 2.75) is 6.61 Å². The smallest absolute Gasteiger partial charge is 0.331 e. The van der Waals surface area contributed by atoms with Crippen LogP contribution in [0.15, 0.2) is 54.6 Å². The van der Waals surface area contributed by atoms with Crippen molar-refractivity contribution in [3.8, 4) is 23.0 Å². The zero-order valence-electron chi connectivity index (χ0n) is 18.3. The second kappa shape index (κ2) is 9.11. The fourth-order valence-electron chi connectivity index (χ4n) is 3.83. The highest BCUT2D eigenvalue weighted by atomic mass is 16.5. The van der Waals surface area contributed by atoms with Gasteiger partial charge in [-0.3, -0.25) is 9.59 Å². The van der Waals surface area contributed by atoms with E-state index in [0.717, 1.165) is 0 Å². The van der Waals surface area contributed by atoms with E-state index >= 15 is 0 Å². The lowest BCUT2D eigenvalue weighted by Gasteiger charge is -2.20. The lowest BCUT2D eigenvalue weighted by atomic mass is 9.82. The van der Waals surface area contributed by atoms with Crippen LogP contribution in [0.1, 0.15) is 43.0 Å². The summed E-state index contributed by atoms with van der Waals surface area (Å²) in [6.45, 7) is -0.242. The third-order valence-corrected chi connectivity index (χ3v) is 5.38. The first-order valence-corrected chi connectivity index (χ1v) is 10.2. The van der Waals surface area contributed by atoms with Crippen molar-refractivity contribution in [2.75, 3.05) is 14.2 Å². The van der Waals surface area contributed by atoms with Crippen molar-refractivity contribution in [1.82, 2.24) is 0 Å². The van der Waals surface area contributed by atoms with E-state index in [2.05, 4.69) is 0 Å². The average molecular weight is 460 g/mol. The molecule has 3 aromatic carbocycles. The van der Waals surface area contributed by atoms with Gasteiger partial charge < -0.3 is 24.4 Å². The molecule has 0 atom stereocenters. The van der Waals surface area contributed by atoms with E-state index in [0.29, 0.717) is 22.6 Å². The zero-order valence-corrected chi connectivity index (χ0v) is 18.3. The van der Waals surface area contributed by atoms with Crippen molar-refractivity contribution in [3.63, 3.8) is 0 Å². The Morgan fingerprint density at radius 3 is 2.35 bits per heavy atom. The molecule has 8 heteroatoms. The molecule has 0 heterocycles. The van der Waals surface area contributed by atoms with Crippen molar-refractivity contribution in [2.24, 2.45) is 0 Å². The van der Waals surface area contributed by atoms with Crippen LogP contribution in [0, 0.1) is 0 Å². The maximum absolute atomic E-state index is 12.9. The zero-order chi connectivity index (χ0) is 24.4. The molecule has 0 unspecified atom stereocenters. The Labute approximate surface area is 194 Å². The van der Waals surface area contributed by atoms with Crippen LogP contribution in [-0.2, 0) is 16.1 Å². The first-order chi connectivity index (χ1) is 16.3. The van der Waals surface area contributed by atoms with Crippen LogP contribution in [0.3, 0.4) is 0 Å². The summed E-state index contributed by atoms with van der Waals surface area (Å²) in [5.41, 5.74) is 0.608. The Morgan fingerprint density at radius 1 is 0.882 bits per heavy atom. The van der Waals surface area contributed by atoms with Crippen molar-refractivity contribution >= 4 is 23.6 Å². The van der Waals surface area contributed by atoms with Gasteiger partial charge in [0.25, 0.3) is 0 Å². The van der Waals surface area contributed by atoms with Crippen LogP contribution >= 0.6 is 0 Å². The highest BCUT2D eigenvalue weighted by Gasteiger charge is 2.34. The number of ketones is 2. The van der Waals surface area contributed by atoms with Gasteiger partial charge in [-0.1, -0.05) is 24.3 Å². The van der Waals surface area contributed by atoms with Gasteiger partial charge in [-0.15, -0.1) is 0 Å². The molecule has 0 aromatic heterocycles. The normalized spacial score (nSPS) is 12.3. The van der Waals surface area contributed by atoms with Gasteiger partial charge >= 0.3 is 5.97 Å². The van der Waals surface area contributed by atoms with Gasteiger partial charge in [0.2, 0.25) is 5.78 Å². The first kappa shape index (κ1) is 22.6. The summed E-state index contributed by atoms with van der Waals surface area (Å²) in [5, 5.41) is 20.5. The summed E-state index contributed by atoms with van der Waals surface area (Å²) in [6, 6.07) is 12.0. The molecule has 0 spiro atoms. The maximum atomic E-state index is 12.9. The SMILES string of the molecule is COc1cccc(/C=C/C(=O)OCc2cc(O)c3c(c2)C(=O)c2cccc(O)c2C3=O)c1OC. The Hall–Kier alpha value is -4.59. The molecule has 0 radical (unpaired) electrons. The van der Waals surface area contributed by atoms with Crippen LogP contribution in [0.25, 0.3) is 6.08 Å². The van der Waals surface area contributed by atoms with Gasteiger partial charge in [-0.05, 0) is 35.9 Å². The van der Waals surface area contributed by atoms with Crippen LogP contribution in [0.4, 0.5) is 0 Å². The molecule has 1 aliphatic carbocycles. The highest BCUT2D eigenvalue weighted by Crippen LogP contribution is 2.37. The Balaban J connectivity index is 1.53. The van der Waals surface area contributed by atoms with Crippen molar-refractivity contribution in [3.05, 3.63) is 88.0 Å². The number of phenolic OH excluding ortho intramolecular Hbond substituents is 2. The summed E-state index contributed by atoms with van der Waals surface area (Å²) >= 11 is 0. The van der Waals surface area contributed by atoms with E-state index in [1.807, 2.05) is 0 Å². The molecule has 0 fully saturated rings. The number of fused-ring (bicyclic) bond motifs is 2. The van der Waals surface area contributed by atoms with E-state index in [1.54, 1.807) is 18.2 Å². The summed E-state index contributed by atoms with van der Waals surface area (Å²) in [4.78, 5) is 38.0. The monoisotopic (exact) mass is 460 g/mol. The minimum Gasteiger partial charge on any atom is -0.507 e. The van der Waals surface area contributed by atoms with Crippen LogP contribution in [0.5, 0.6) is 23.0 Å². The van der Waals surface area contributed by atoms with Crippen LogP contribution in [0.2, 0.25) is 0 Å². The number of ether oxygens (including phenoxy) is 3. The average Bonchev–Trinajstić information content (AvgIpc) is 2.83. The minimum absolute atomic E-state index is 0.0224. The molecule has 0 amide bonds. The molecule has 3 aromatic rings. The summed E-state index contributed by atoms with van der Waals surface area (Å²) in [7, 11) is 3.00. The lowest BCUT2D eigenvalue weighted by molar-refractivity contribution is -0.138. The fraction of sp³-hybridized carbons (Fsp3) is 0.115. The topological polar surface area (TPSA) is 119 Å². The molecule has 0 aliphatic heterocycles.